The van der Waals surface area contributed by atoms with Gasteiger partial charge in [-0.25, -0.2) is 0 Å². The molecule has 1 amide bonds. The van der Waals surface area contributed by atoms with Crippen molar-refractivity contribution in [1.82, 2.24) is 10.2 Å². The lowest BCUT2D eigenvalue weighted by molar-refractivity contribution is -0.127. The number of likely N-dealkylation sites (N-methyl/N-ethyl adjacent to an activating group) is 1. The van der Waals surface area contributed by atoms with Crippen molar-refractivity contribution in [2.45, 2.75) is 39.7 Å². The van der Waals surface area contributed by atoms with E-state index < -0.39 is 0 Å². The fourth-order valence-corrected chi connectivity index (χ4v) is 2.45. The smallest absolute Gasteiger partial charge is 0.224 e. The van der Waals surface area contributed by atoms with E-state index in [1.807, 2.05) is 0 Å². The summed E-state index contributed by atoms with van der Waals surface area (Å²) in [5, 5.41) is 3.15. The third kappa shape index (κ3) is 4.28. The first kappa shape index (κ1) is 14.5. The number of hydrogen-bond donors (Lipinski definition) is 2. The normalized spacial score (nSPS) is 23.7. The number of nitrogens with two attached hydrogens (primary N) is 1. The minimum absolute atomic E-state index is 0.0491. The SMILES string of the molecule is CCN1CCCC(NC(=O)C(CN)C(C)C)C1. The van der Waals surface area contributed by atoms with Gasteiger partial charge in [0.05, 0.1) is 5.92 Å². The maximum Gasteiger partial charge on any atom is 0.224 e. The second kappa shape index (κ2) is 6.97. The molecule has 0 aromatic carbocycles. The molecule has 0 bridgehead atoms. The van der Waals surface area contributed by atoms with Crippen LogP contribution in [0.2, 0.25) is 0 Å². The fraction of sp³-hybridized carbons (Fsp3) is 0.923. The van der Waals surface area contributed by atoms with Crippen molar-refractivity contribution in [3.8, 4) is 0 Å². The Hall–Kier alpha value is -0.610. The van der Waals surface area contributed by atoms with Gasteiger partial charge in [-0.3, -0.25) is 4.79 Å². The molecule has 0 radical (unpaired) electrons. The van der Waals surface area contributed by atoms with E-state index in [0.717, 1.165) is 26.1 Å². The van der Waals surface area contributed by atoms with E-state index in [9.17, 15) is 4.79 Å². The van der Waals surface area contributed by atoms with Gasteiger partial charge in [0, 0.05) is 19.1 Å². The molecule has 4 nitrogen and oxygen atoms in total. The molecule has 2 atom stereocenters. The van der Waals surface area contributed by atoms with Gasteiger partial charge in [-0.05, 0) is 31.8 Å². The highest BCUT2D eigenvalue weighted by Crippen LogP contribution is 2.13. The lowest BCUT2D eigenvalue weighted by atomic mass is 9.94. The minimum Gasteiger partial charge on any atom is -0.352 e. The predicted molar refractivity (Wildman–Crippen MR) is 70.7 cm³/mol. The molecular formula is C13H27N3O. The van der Waals surface area contributed by atoms with Gasteiger partial charge < -0.3 is 16.0 Å². The number of nitrogens with one attached hydrogen (secondary N) is 1. The van der Waals surface area contributed by atoms with Crippen LogP contribution in [-0.4, -0.2) is 43.0 Å². The summed E-state index contributed by atoms with van der Waals surface area (Å²) in [6.45, 7) is 9.92. The van der Waals surface area contributed by atoms with Crippen molar-refractivity contribution in [3.05, 3.63) is 0 Å². The fourth-order valence-electron chi connectivity index (χ4n) is 2.45. The maximum absolute atomic E-state index is 12.1. The van der Waals surface area contributed by atoms with Crippen LogP contribution in [0.4, 0.5) is 0 Å². The molecular weight excluding hydrogens is 214 g/mol. The van der Waals surface area contributed by atoms with Crippen LogP contribution in [0.1, 0.15) is 33.6 Å². The molecule has 17 heavy (non-hydrogen) atoms. The van der Waals surface area contributed by atoms with Gasteiger partial charge in [0.15, 0.2) is 0 Å². The Bertz CT molecular complexity index is 243. The van der Waals surface area contributed by atoms with Crippen LogP contribution in [0.25, 0.3) is 0 Å². The van der Waals surface area contributed by atoms with Crippen molar-refractivity contribution in [3.63, 3.8) is 0 Å². The number of rotatable bonds is 5. The van der Waals surface area contributed by atoms with Crippen LogP contribution in [0, 0.1) is 11.8 Å². The standard InChI is InChI=1S/C13H27N3O/c1-4-16-7-5-6-11(9-16)15-13(17)12(8-14)10(2)3/h10-12H,4-9,14H2,1-3H3,(H,15,17). The Labute approximate surface area is 105 Å². The molecule has 0 aliphatic carbocycles. The second-order valence-corrected chi connectivity index (χ2v) is 5.33. The van der Waals surface area contributed by atoms with Gasteiger partial charge in [0.2, 0.25) is 5.91 Å². The Morgan fingerprint density at radius 3 is 2.76 bits per heavy atom. The Kier molecular flexibility index (Phi) is 5.92. The molecule has 0 saturated carbocycles. The molecule has 1 aliphatic heterocycles. The van der Waals surface area contributed by atoms with Crippen LogP contribution < -0.4 is 11.1 Å². The zero-order valence-corrected chi connectivity index (χ0v) is 11.4. The Balaban J connectivity index is 2.44. The topological polar surface area (TPSA) is 58.4 Å². The Morgan fingerprint density at radius 2 is 2.24 bits per heavy atom. The second-order valence-electron chi connectivity index (χ2n) is 5.33. The molecule has 1 rings (SSSR count). The number of amides is 1. The zero-order valence-electron chi connectivity index (χ0n) is 11.4. The maximum atomic E-state index is 12.1. The Morgan fingerprint density at radius 1 is 1.53 bits per heavy atom. The monoisotopic (exact) mass is 241 g/mol. The molecule has 1 heterocycles. The highest BCUT2D eigenvalue weighted by Gasteiger charge is 2.25. The number of nitrogens with zero attached hydrogens (tertiary/aromatic N) is 1. The molecule has 3 N–H and O–H groups in total. The molecule has 2 unspecified atom stereocenters. The number of hydrogen-bond acceptors (Lipinski definition) is 3. The van der Waals surface area contributed by atoms with Gasteiger partial charge in [-0.1, -0.05) is 20.8 Å². The number of carbonyl (C=O) groups is 1. The molecule has 0 aromatic rings. The lowest BCUT2D eigenvalue weighted by Gasteiger charge is -2.33. The minimum atomic E-state index is -0.0491. The van der Waals surface area contributed by atoms with Crippen LogP contribution in [-0.2, 0) is 4.79 Å². The van der Waals surface area contributed by atoms with Crippen LogP contribution in [0.5, 0.6) is 0 Å². The summed E-state index contributed by atoms with van der Waals surface area (Å²) >= 11 is 0. The molecule has 100 valence electrons. The van der Waals surface area contributed by atoms with Crippen molar-refractivity contribution in [1.29, 1.82) is 0 Å². The molecule has 1 aliphatic rings. The van der Waals surface area contributed by atoms with E-state index in [1.165, 1.54) is 6.42 Å². The zero-order chi connectivity index (χ0) is 12.8. The molecule has 0 aromatic heterocycles. The van der Waals surface area contributed by atoms with Crippen molar-refractivity contribution in [2.24, 2.45) is 17.6 Å². The van der Waals surface area contributed by atoms with E-state index in [1.54, 1.807) is 0 Å². The molecule has 4 heteroatoms. The van der Waals surface area contributed by atoms with Gasteiger partial charge in [-0.15, -0.1) is 0 Å². The van der Waals surface area contributed by atoms with E-state index >= 15 is 0 Å². The quantitative estimate of drug-likeness (QED) is 0.749. The van der Waals surface area contributed by atoms with Crippen molar-refractivity contribution in [2.75, 3.05) is 26.2 Å². The average Bonchev–Trinajstić information content (AvgIpc) is 2.29. The first-order chi connectivity index (χ1) is 8.08. The van der Waals surface area contributed by atoms with Crippen molar-refractivity contribution >= 4 is 5.91 Å². The van der Waals surface area contributed by atoms with Crippen molar-refractivity contribution < 1.29 is 4.79 Å². The van der Waals surface area contributed by atoms with E-state index in [-0.39, 0.29) is 11.8 Å². The molecule has 1 saturated heterocycles. The third-order valence-electron chi connectivity index (χ3n) is 3.69. The summed E-state index contributed by atoms with van der Waals surface area (Å²) in [4.78, 5) is 14.5. The lowest BCUT2D eigenvalue weighted by Crippen LogP contribution is -2.50. The average molecular weight is 241 g/mol. The molecule has 0 spiro atoms. The van der Waals surface area contributed by atoms with Gasteiger partial charge >= 0.3 is 0 Å². The first-order valence-corrected chi connectivity index (χ1v) is 6.81. The van der Waals surface area contributed by atoms with Gasteiger partial charge in [0.1, 0.15) is 0 Å². The summed E-state index contributed by atoms with van der Waals surface area (Å²) in [7, 11) is 0. The third-order valence-corrected chi connectivity index (χ3v) is 3.69. The summed E-state index contributed by atoms with van der Waals surface area (Å²) in [5.74, 6) is 0.392. The predicted octanol–water partition coefficient (Wildman–Crippen LogP) is 0.818. The summed E-state index contributed by atoms with van der Waals surface area (Å²) < 4.78 is 0. The largest absolute Gasteiger partial charge is 0.352 e. The molecule has 1 fully saturated rings. The van der Waals surface area contributed by atoms with Gasteiger partial charge in [0.25, 0.3) is 0 Å². The summed E-state index contributed by atoms with van der Waals surface area (Å²) in [6, 6.07) is 0.309. The van der Waals surface area contributed by atoms with Crippen LogP contribution in [0.15, 0.2) is 0 Å². The highest BCUT2D eigenvalue weighted by molar-refractivity contribution is 5.79. The van der Waals surface area contributed by atoms with Crippen LogP contribution in [0.3, 0.4) is 0 Å². The number of likely N-dealkylation sites (tertiary alicyclic amines) is 1. The summed E-state index contributed by atoms with van der Waals surface area (Å²) in [5.41, 5.74) is 5.66. The van der Waals surface area contributed by atoms with Gasteiger partial charge in [-0.2, -0.15) is 0 Å². The van der Waals surface area contributed by atoms with E-state index in [4.69, 9.17) is 5.73 Å². The number of piperidine rings is 1. The van der Waals surface area contributed by atoms with E-state index in [2.05, 4.69) is 31.0 Å². The first-order valence-electron chi connectivity index (χ1n) is 6.81. The van der Waals surface area contributed by atoms with E-state index in [0.29, 0.717) is 18.5 Å². The summed E-state index contributed by atoms with van der Waals surface area (Å²) in [6.07, 6.45) is 2.27. The number of carbonyl (C=O) groups excluding carboxylic acids is 1. The van der Waals surface area contributed by atoms with Crippen LogP contribution >= 0.6 is 0 Å². The highest BCUT2D eigenvalue weighted by atomic mass is 16.2.